The van der Waals surface area contributed by atoms with Gasteiger partial charge in [-0.3, -0.25) is 4.79 Å². The number of anilines is 1. The molecule has 1 aliphatic rings. The molecule has 1 aromatic carbocycles. The summed E-state index contributed by atoms with van der Waals surface area (Å²) in [6.07, 6.45) is 0.812. The third-order valence-electron chi connectivity index (χ3n) is 3.21. The van der Waals surface area contributed by atoms with Gasteiger partial charge in [0.2, 0.25) is 0 Å². The summed E-state index contributed by atoms with van der Waals surface area (Å²) in [6, 6.07) is 9.45. The Morgan fingerprint density at radius 1 is 1.56 bits per heavy atom. The fourth-order valence-electron chi connectivity index (χ4n) is 2.14. The molecule has 4 heteroatoms. The average molecular weight is 244 g/mol. The molecule has 4 nitrogen and oxygen atoms in total. The Hall–Kier alpha value is -1.86. The van der Waals surface area contributed by atoms with Crippen LogP contribution in [-0.2, 0) is 9.53 Å². The first-order valence-electron chi connectivity index (χ1n) is 6.03. The fourth-order valence-corrected chi connectivity index (χ4v) is 2.14. The molecule has 0 amide bonds. The lowest BCUT2D eigenvalue weighted by molar-refractivity contribution is -0.121. The van der Waals surface area contributed by atoms with E-state index in [1.165, 1.54) is 0 Å². The van der Waals surface area contributed by atoms with E-state index in [1.807, 2.05) is 30.1 Å². The van der Waals surface area contributed by atoms with Crippen molar-refractivity contribution >= 4 is 11.5 Å². The summed E-state index contributed by atoms with van der Waals surface area (Å²) in [5.41, 5.74) is 1.39. The normalized spacial score (nSPS) is 18.3. The van der Waals surface area contributed by atoms with Gasteiger partial charge in [0.15, 0.2) is 5.78 Å². The van der Waals surface area contributed by atoms with Gasteiger partial charge in [-0.25, -0.2) is 0 Å². The number of hydrogen-bond donors (Lipinski definition) is 0. The van der Waals surface area contributed by atoms with Crippen molar-refractivity contribution < 1.29 is 9.53 Å². The van der Waals surface area contributed by atoms with Crippen LogP contribution in [-0.4, -0.2) is 32.6 Å². The highest BCUT2D eigenvalue weighted by Crippen LogP contribution is 2.20. The van der Waals surface area contributed by atoms with Gasteiger partial charge in [-0.05, 0) is 18.6 Å². The van der Waals surface area contributed by atoms with E-state index < -0.39 is 0 Å². The van der Waals surface area contributed by atoms with E-state index in [2.05, 4.69) is 6.07 Å². The number of rotatable bonds is 4. The molecule has 1 aliphatic heterocycles. The summed E-state index contributed by atoms with van der Waals surface area (Å²) in [7, 11) is 1.84. The molecule has 0 aliphatic carbocycles. The zero-order valence-electron chi connectivity index (χ0n) is 10.4. The third-order valence-corrected chi connectivity index (χ3v) is 3.21. The summed E-state index contributed by atoms with van der Waals surface area (Å²) < 4.78 is 5.22. The molecule has 1 heterocycles. The number of hydrogen-bond acceptors (Lipinski definition) is 4. The second kappa shape index (κ2) is 5.65. The number of carbonyl (C=O) groups excluding carboxylic acids is 1. The van der Waals surface area contributed by atoms with Crippen molar-refractivity contribution in [2.75, 3.05) is 31.7 Å². The van der Waals surface area contributed by atoms with Gasteiger partial charge in [0, 0.05) is 19.6 Å². The van der Waals surface area contributed by atoms with E-state index in [0.717, 1.165) is 12.1 Å². The minimum Gasteiger partial charge on any atom is -0.381 e. The average Bonchev–Trinajstić information content (AvgIpc) is 2.92. The predicted molar refractivity (Wildman–Crippen MR) is 68.4 cm³/mol. The lowest BCUT2D eigenvalue weighted by Crippen LogP contribution is -2.31. The van der Waals surface area contributed by atoms with Crippen molar-refractivity contribution in [3.63, 3.8) is 0 Å². The van der Waals surface area contributed by atoms with Crippen LogP contribution >= 0.6 is 0 Å². The second-order valence-electron chi connectivity index (χ2n) is 4.51. The van der Waals surface area contributed by atoms with E-state index in [9.17, 15) is 4.79 Å². The number of para-hydroxylation sites is 1. The molecule has 1 saturated heterocycles. The van der Waals surface area contributed by atoms with E-state index >= 15 is 0 Å². The third kappa shape index (κ3) is 2.69. The van der Waals surface area contributed by atoms with Gasteiger partial charge in [0.1, 0.15) is 6.07 Å². The van der Waals surface area contributed by atoms with E-state index in [1.54, 1.807) is 6.07 Å². The van der Waals surface area contributed by atoms with Crippen molar-refractivity contribution in [3.8, 4) is 6.07 Å². The Labute approximate surface area is 107 Å². The van der Waals surface area contributed by atoms with Crippen molar-refractivity contribution in [3.05, 3.63) is 29.8 Å². The lowest BCUT2D eigenvalue weighted by Gasteiger charge is -2.20. The molecule has 0 radical (unpaired) electrons. The molecular weight excluding hydrogens is 228 g/mol. The Morgan fingerprint density at radius 2 is 2.33 bits per heavy atom. The molecular formula is C14H16N2O2. The fraction of sp³-hybridized carbons (Fsp3) is 0.429. The SMILES string of the molecule is CN(CC(=O)C1CCOC1)c1ccccc1C#N. The van der Waals surface area contributed by atoms with Gasteiger partial charge >= 0.3 is 0 Å². The summed E-state index contributed by atoms with van der Waals surface area (Å²) in [5.74, 6) is 0.199. The highest BCUT2D eigenvalue weighted by molar-refractivity contribution is 5.86. The van der Waals surface area contributed by atoms with Crippen LogP contribution in [0, 0.1) is 17.2 Å². The molecule has 0 saturated carbocycles. The van der Waals surface area contributed by atoms with Crippen molar-refractivity contribution in [2.24, 2.45) is 5.92 Å². The quantitative estimate of drug-likeness (QED) is 0.807. The van der Waals surface area contributed by atoms with Crippen LogP contribution in [0.15, 0.2) is 24.3 Å². The molecule has 0 aromatic heterocycles. The van der Waals surface area contributed by atoms with Crippen molar-refractivity contribution in [2.45, 2.75) is 6.42 Å². The highest BCUT2D eigenvalue weighted by atomic mass is 16.5. The van der Waals surface area contributed by atoms with Crippen LogP contribution in [0.1, 0.15) is 12.0 Å². The maximum Gasteiger partial charge on any atom is 0.157 e. The minimum atomic E-state index is 0.0155. The summed E-state index contributed by atoms with van der Waals surface area (Å²) >= 11 is 0. The van der Waals surface area contributed by atoms with Gasteiger partial charge in [0.25, 0.3) is 0 Å². The Bertz CT molecular complexity index is 473. The van der Waals surface area contributed by atoms with Crippen LogP contribution in [0.3, 0.4) is 0 Å². The van der Waals surface area contributed by atoms with Crippen LogP contribution in [0.2, 0.25) is 0 Å². The first kappa shape index (κ1) is 12.6. The minimum absolute atomic E-state index is 0.0155. The molecule has 0 spiro atoms. The first-order valence-corrected chi connectivity index (χ1v) is 6.03. The van der Waals surface area contributed by atoms with E-state index in [0.29, 0.717) is 25.3 Å². The second-order valence-corrected chi connectivity index (χ2v) is 4.51. The zero-order valence-corrected chi connectivity index (χ0v) is 10.4. The first-order chi connectivity index (χ1) is 8.72. The lowest BCUT2D eigenvalue weighted by atomic mass is 10.0. The molecule has 0 N–H and O–H groups in total. The van der Waals surface area contributed by atoms with E-state index in [-0.39, 0.29) is 11.7 Å². The Morgan fingerprint density at radius 3 is 3.00 bits per heavy atom. The maximum absolute atomic E-state index is 12.0. The number of ether oxygens (including phenoxy) is 1. The maximum atomic E-state index is 12.0. The highest BCUT2D eigenvalue weighted by Gasteiger charge is 2.24. The zero-order chi connectivity index (χ0) is 13.0. The van der Waals surface area contributed by atoms with Gasteiger partial charge < -0.3 is 9.64 Å². The number of nitrogens with zero attached hydrogens (tertiary/aromatic N) is 2. The molecule has 94 valence electrons. The Kier molecular flexibility index (Phi) is 3.96. The largest absolute Gasteiger partial charge is 0.381 e. The van der Waals surface area contributed by atoms with Crippen LogP contribution < -0.4 is 4.90 Å². The summed E-state index contributed by atoms with van der Waals surface area (Å²) in [6.45, 7) is 1.54. The van der Waals surface area contributed by atoms with Gasteiger partial charge in [-0.1, -0.05) is 12.1 Å². The number of likely N-dealkylation sites (N-methyl/N-ethyl adjacent to an activating group) is 1. The van der Waals surface area contributed by atoms with Gasteiger partial charge in [-0.2, -0.15) is 5.26 Å². The monoisotopic (exact) mass is 244 g/mol. The molecule has 2 rings (SSSR count). The molecule has 0 bridgehead atoms. The molecule has 18 heavy (non-hydrogen) atoms. The summed E-state index contributed by atoms with van der Waals surface area (Å²) in [4.78, 5) is 13.9. The van der Waals surface area contributed by atoms with Crippen LogP contribution in [0.4, 0.5) is 5.69 Å². The number of nitriles is 1. The Balaban J connectivity index is 2.05. The van der Waals surface area contributed by atoms with Crippen molar-refractivity contribution in [1.29, 1.82) is 5.26 Å². The van der Waals surface area contributed by atoms with Gasteiger partial charge in [-0.15, -0.1) is 0 Å². The standard InChI is InChI=1S/C14H16N2O2/c1-16(9-14(17)12-6-7-18-10-12)13-5-3-2-4-11(13)8-15/h2-5,12H,6-7,9-10H2,1H3. The number of benzene rings is 1. The molecule has 1 aromatic rings. The molecule has 1 fully saturated rings. The van der Waals surface area contributed by atoms with Crippen LogP contribution in [0.25, 0.3) is 0 Å². The summed E-state index contributed by atoms with van der Waals surface area (Å²) in [5, 5.41) is 9.03. The van der Waals surface area contributed by atoms with Crippen molar-refractivity contribution in [1.82, 2.24) is 0 Å². The molecule has 1 atom stereocenters. The van der Waals surface area contributed by atoms with Crippen LogP contribution in [0.5, 0.6) is 0 Å². The van der Waals surface area contributed by atoms with E-state index in [4.69, 9.17) is 10.00 Å². The predicted octanol–water partition coefficient (Wildman–Crippen LogP) is 1.60. The molecule has 1 unspecified atom stereocenters. The smallest absolute Gasteiger partial charge is 0.157 e. The number of Topliss-reactive ketones (excluding diaryl/α,β-unsaturated/α-hetero) is 1. The van der Waals surface area contributed by atoms with Gasteiger partial charge in [0.05, 0.1) is 24.4 Å². The number of carbonyl (C=O) groups is 1. The topological polar surface area (TPSA) is 53.3 Å². The number of ketones is 1.